The Balaban J connectivity index is 1.24. The lowest BCUT2D eigenvalue weighted by molar-refractivity contribution is 0.0383. The number of hydrogen-bond acceptors (Lipinski definition) is 10. The molecule has 0 radical (unpaired) electrons. The Bertz CT molecular complexity index is 1740. The fraction of sp³-hybridized carbons (Fsp3) is 0.250. The van der Waals surface area contributed by atoms with Crippen molar-refractivity contribution < 1.29 is 23.7 Å². The third-order valence-electron chi connectivity index (χ3n) is 6.24. The molecule has 0 fully saturated rings. The van der Waals surface area contributed by atoms with Crippen LogP contribution in [0.1, 0.15) is 16.8 Å². The van der Waals surface area contributed by atoms with Crippen molar-refractivity contribution >= 4 is 44.4 Å². The third kappa shape index (κ3) is 4.88. The molecule has 5 aromatic rings. The van der Waals surface area contributed by atoms with Gasteiger partial charge in [0.25, 0.3) is 0 Å². The number of benzene rings is 2. The number of rotatable bonds is 5. The molecule has 0 unspecified atom stereocenters. The molecular weight excluding hydrogens is 518 g/mol. The smallest absolute Gasteiger partial charge is 0.411 e. The molecular formula is C28H25N5O5S. The average Bonchev–Trinajstić information content (AvgIpc) is 3.37. The van der Waals surface area contributed by atoms with Crippen LogP contribution in [0.5, 0.6) is 17.4 Å². The van der Waals surface area contributed by atoms with Crippen LogP contribution in [0.25, 0.3) is 31.8 Å². The zero-order valence-electron chi connectivity index (χ0n) is 21.8. The highest BCUT2D eigenvalue weighted by Crippen LogP contribution is 2.46. The first-order valence-corrected chi connectivity index (χ1v) is 13.1. The molecule has 1 amide bonds. The molecule has 0 saturated carbocycles. The molecule has 2 aromatic carbocycles. The van der Waals surface area contributed by atoms with E-state index in [9.17, 15) is 4.79 Å². The van der Waals surface area contributed by atoms with E-state index in [2.05, 4.69) is 26.3 Å². The third-order valence-corrected chi connectivity index (χ3v) is 7.32. The van der Waals surface area contributed by atoms with Gasteiger partial charge in [-0.15, -0.1) is 11.3 Å². The van der Waals surface area contributed by atoms with Gasteiger partial charge >= 0.3 is 6.09 Å². The summed E-state index contributed by atoms with van der Waals surface area (Å²) in [4.78, 5) is 30.5. The maximum atomic E-state index is 12.3. The first-order valence-electron chi connectivity index (χ1n) is 12.3. The summed E-state index contributed by atoms with van der Waals surface area (Å²) in [6, 6.07) is 9.41. The Morgan fingerprint density at radius 2 is 2.00 bits per heavy atom. The van der Waals surface area contributed by atoms with Crippen molar-refractivity contribution in [2.45, 2.75) is 26.9 Å². The molecule has 0 aliphatic carbocycles. The van der Waals surface area contributed by atoms with Crippen molar-refractivity contribution in [2.24, 2.45) is 0 Å². The van der Waals surface area contributed by atoms with Gasteiger partial charge in [0.2, 0.25) is 5.88 Å². The molecule has 1 N–H and O–H groups in total. The molecule has 0 saturated heterocycles. The summed E-state index contributed by atoms with van der Waals surface area (Å²) in [5, 5.41) is 3.51. The molecule has 198 valence electrons. The zero-order valence-corrected chi connectivity index (χ0v) is 22.6. The van der Waals surface area contributed by atoms with E-state index < -0.39 is 12.2 Å². The Hall–Kier alpha value is -4.51. The lowest BCUT2D eigenvalue weighted by atomic mass is 10.1. The number of anilines is 1. The second-order valence-corrected chi connectivity index (χ2v) is 10.3. The Labute approximate surface area is 228 Å². The minimum atomic E-state index is -0.570. The molecule has 10 nitrogen and oxygen atoms in total. The summed E-state index contributed by atoms with van der Waals surface area (Å²) in [6.45, 7) is 6.12. The summed E-state index contributed by atoms with van der Waals surface area (Å²) in [7, 11) is 1.57. The SMILES string of the molecule is COc1cnc2c(-c3nc4c(C)cc5c(c4s3)OC[C@H](COC(=O)Nc3ccnc(C)c3)O5)cc(C)cc2n1. The molecule has 1 atom stereocenters. The van der Waals surface area contributed by atoms with Gasteiger partial charge in [-0.2, -0.15) is 0 Å². The van der Waals surface area contributed by atoms with Gasteiger partial charge in [0.05, 0.1) is 29.9 Å². The van der Waals surface area contributed by atoms with E-state index in [1.165, 1.54) is 11.3 Å². The van der Waals surface area contributed by atoms with Crippen LogP contribution in [0.3, 0.4) is 0 Å². The highest BCUT2D eigenvalue weighted by atomic mass is 32.1. The van der Waals surface area contributed by atoms with Crippen LogP contribution in [0.15, 0.2) is 42.7 Å². The van der Waals surface area contributed by atoms with Gasteiger partial charge in [0.1, 0.15) is 22.9 Å². The molecule has 3 aromatic heterocycles. The predicted molar refractivity (Wildman–Crippen MR) is 148 cm³/mol. The standard InChI is InChI=1S/C28H25N5O5S/c1-14-7-19(24-20(8-14)32-22(35-4)11-30-24)27-33-23-15(2)9-21-25(26(23)39-27)36-12-18(38-21)13-37-28(34)31-17-5-6-29-16(3)10-17/h5-11,18H,12-13H2,1-4H3,(H,29,31,34)/t18-/m1/s1. The molecule has 4 heterocycles. The molecule has 0 bridgehead atoms. The summed E-state index contributed by atoms with van der Waals surface area (Å²) < 4.78 is 23.8. The highest BCUT2D eigenvalue weighted by molar-refractivity contribution is 7.22. The van der Waals surface area contributed by atoms with E-state index in [1.54, 1.807) is 31.6 Å². The van der Waals surface area contributed by atoms with E-state index in [0.29, 0.717) is 23.1 Å². The second kappa shape index (κ2) is 9.99. The van der Waals surface area contributed by atoms with Crippen molar-refractivity contribution in [1.82, 2.24) is 19.9 Å². The molecule has 1 aliphatic rings. The lowest BCUT2D eigenvalue weighted by Gasteiger charge is -2.26. The minimum Gasteiger partial charge on any atom is -0.484 e. The van der Waals surface area contributed by atoms with E-state index in [0.717, 1.165) is 48.6 Å². The van der Waals surface area contributed by atoms with Gasteiger partial charge in [0.15, 0.2) is 17.6 Å². The number of nitrogens with one attached hydrogen (secondary N) is 1. The summed E-state index contributed by atoms with van der Waals surface area (Å²) in [6.07, 6.45) is 2.22. The predicted octanol–water partition coefficient (Wildman–Crippen LogP) is 5.62. The van der Waals surface area contributed by atoms with Crippen LogP contribution in [-0.2, 0) is 4.74 Å². The molecule has 39 heavy (non-hydrogen) atoms. The van der Waals surface area contributed by atoms with Crippen LogP contribution in [0, 0.1) is 20.8 Å². The number of hydrogen-bond donors (Lipinski definition) is 1. The van der Waals surface area contributed by atoms with Gasteiger partial charge in [0, 0.05) is 23.1 Å². The first kappa shape index (κ1) is 24.8. The lowest BCUT2D eigenvalue weighted by Crippen LogP contribution is -2.35. The monoisotopic (exact) mass is 543 g/mol. The second-order valence-electron chi connectivity index (χ2n) is 9.27. The van der Waals surface area contributed by atoms with Crippen molar-refractivity contribution in [3.8, 4) is 28.0 Å². The number of ether oxygens (including phenoxy) is 4. The normalized spacial score (nSPS) is 14.4. The van der Waals surface area contributed by atoms with E-state index >= 15 is 0 Å². The number of thiazole rings is 1. The van der Waals surface area contributed by atoms with Crippen LogP contribution in [-0.4, -0.2) is 52.5 Å². The fourth-order valence-electron chi connectivity index (χ4n) is 4.45. The number of pyridine rings is 1. The Morgan fingerprint density at radius 3 is 2.82 bits per heavy atom. The van der Waals surface area contributed by atoms with Gasteiger partial charge in [-0.1, -0.05) is 0 Å². The minimum absolute atomic E-state index is 0.0395. The number of nitrogens with zero attached hydrogens (tertiary/aromatic N) is 4. The number of carbonyl (C=O) groups is 1. The fourth-order valence-corrected chi connectivity index (χ4v) is 5.60. The van der Waals surface area contributed by atoms with Crippen LogP contribution < -0.4 is 19.5 Å². The van der Waals surface area contributed by atoms with Crippen molar-refractivity contribution in [3.63, 3.8) is 0 Å². The van der Waals surface area contributed by atoms with Gasteiger partial charge in [-0.25, -0.2) is 19.7 Å². The number of methoxy groups -OCH3 is 1. The van der Waals surface area contributed by atoms with E-state index in [4.69, 9.17) is 23.9 Å². The maximum Gasteiger partial charge on any atom is 0.411 e. The molecule has 0 spiro atoms. The van der Waals surface area contributed by atoms with Crippen LogP contribution in [0.4, 0.5) is 10.5 Å². The van der Waals surface area contributed by atoms with Crippen LogP contribution in [0.2, 0.25) is 0 Å². The highest BCUT2D eigenvalue weighted by Gasteiger charge is 2.27. The van der Waals surface area contributed by atoms with Crippen molar-refractivity contribution in [3.05, 3.63) is 59.5 Å². The summed E-state index contributed by atoms with van der Waals surface area (Å²) in [5.74, 6) is 1.69. The average molecular weight is 544 g/mol. The summed E-state index contributed by atoms with van der Waals surface area (Å²) in [5.41, 5.74) is 6.64. The number of aromatic nitrogens is 4. The number of carbonyl (C=O) groups excluding carboxylic acids is 1. The van der Waals surface area contributed by atoms with Gasteiger partial charge < -0.3 is 18.9 Å². The van der Waals surface area contributed by atoms with E-state index in [-0.39, 0.29) is 13.2 Å². The Morgan fingerprint density at radius 1 is 1.13 bits per heavy atom. The molecule has 11 heteroatoms. The van der Waals surface area contributed by atoms with Gasteiger partial charge in [-0.05, 0) is 62.2 Å². The Kier molecular flexibility index (Phi) is 6.35. The molecule has 6 rings (SSSR count). The topological polar surface area (TPSA) is 118 Å². The maximum absolute atomic E-state index is 12.3. The zero-order chi connectivity index (χ0) is 27.1. The first-order chi connectivity index (χ1) is 18.9. The van der Waals surface area contributed by atoms with Crippen LogP contribution >= 0.6 is 11.3 Å². The number of fused-ring (bicyclic) bond motifs is 4. The summed E-state index contributed by atoms with van der Waals surface area (Å²) >= 11 is 1.52. The number of amides is 1. The molecule has 1 aliphatic heterocycles. The van der Waals surface area contributed by atoms with E-state index in [1.807, 2.05) is 32.9 Å². The number of aryl methyl sites for hydroxylation is 3. The van der Waals surface area contributed by atoms with Gasteiger partial charge in [-0.3, -0.25) is 10.3 Å². The van der Waals surface area contributed by atoms with Crippen molar-refractivity contribution in [2.75, 3.05) is 25.6 Å². The quantitative estimate of drug-likeness (QED) is 0.301. The largest absolute Gasteiger partial charge is 0.484 e. The van der Waals surface area contributed by atoms with Crippen molar-refractivity contribution in [1.29, 1.82) is 0 Å².